The minimum atomic E-state index is 0.144. The van der Waals surface area contributed by atoms with Crippen LogP contribution in [-0.2, 0) is 0 Å². The van der Waals surface area contributed by atoms with Crippen molar-refractivity contribution in [3.63, 3.8) is 0 Å². The lowest BCUT2D eigenvalue weighted by Gasteiger charge is -1.96. The molecule has 1 saturated carbocycles. The number of nitrogens with zero attached hydrogens (tertiary/aromatic N) is 3. The van der Waals surface area contributed by atoms with Gasteiger partial charge in [0.2, 0.25) is 0 Å². The summed E-state index contributed by atoms with van der Waals surface area (Å²) < 4.78 is 0. The molecule has 0 heterocycles. The van der Waals surface area contributed by atoms with Gasteiger partial charge in [-0.1, -0.05) is 36.2 Å². The summed E-state index contributed by atoms with van der Waals surface area (Å²) in [5.41, 5.74) is 15.3. The average molecular weight is 290 g/mol. The number of oxime groups is 3. The van der Waals surface area contributed by atoms with Crippen molar-refractivity contribution in [3.8, 4) is 0 Å². The van der Waals surface area contributed by atoms with E-state index in [0.29, 0.717) is 18.2 Å². The summed E-state index contributed by atoms with van der Waals surface area (Å²) in [5.74, 6) is 1.48. The second kappa shape index (κ2) is 11.9. The molecule has 9 heteroatoms. The molecule has 1 aliphatic carbocycles. The Morgan fingerprint density at radius 1 is 1.05 bits per heavy atom. The van der Waals surface area contributed by atoms with E-state index in [1.54, 1.807) is 0 Å². The van der Waals surface area contributed by atoms with Gasteiger partial charge >= 0.3 is 0 Å². The summed E-state index contributed by atoms with van der Waals surface area (Å²) >= 11 is 0. The lowest BCUT2D eigenvalue weighted by Crippen LogP contribution is -2.18. The summed E-state index contributed by atoms with van der Waals surface area (Å²) in [5, 5.41) is 32.1. The van der Waals surface area contributed by atoms with Crippen molar-refractivity contribution < 1.29 is 15.6 Å². The van der Waals surface area contributed by atoms with E-state index in [9.17, 15) is 0 Å². The molecule has 1 rings (SSSR count). The number of hydrogen-bond donors (Lipinski definition) is 6. The number of nitrogens with two attached hydrogens (primary N) is 3. The van der Waals surface area contributed by atoms with Crippen LogP contribution >= 0.6 is 0 Å². The second-order valence-electron chi connectivity index (χ2n) is 4.42. The molecular formula is C11H26N6O3. The first-order valence-corrected chi connectivity index (χ1v) is 6.25. The van der Waals surface area contributed by atoms with Gasteiger partial charge in [-0.25, -0.2) is 0 Å². The lowest BCUT2D eigenvalue weighted by molar-refractivity contribution is 0.315. The largest absolute Gasteiger partial charge is 0.409 e. The van der Waals surface area contributed by atoms with Gasteiger partial charge in [0.25, 0.3) is 0 Å². The molecule has 0 unspecified atom stereocenters. The van der Waals surface area contributed by atoms with Crippen LogP contribution in [0.5, 0.6) is 0 Å². The van der Waals surface area contributed by atoms with Gasteiger partial charge in [0.1, 0.15) is 17.5 Å². The third kappa shape index (κ3) is 12.3. The minimum absolute atomic E-state index is 0.144. The Morgan fingerprint density at radius 2 is 1.55 bits per heavy atom. The third-order valence-electron chi connectivity index (χ3n) is 2.31. The van der Waals surface area contributed by atoms with Crippen molar-refractivity contribution >= 4 is 17.5 Å². The molecule has 0 bridgehead atoms. The molecule has 9 N–H and O–H groups in total. The Balaban J connectivity index is 0. The predicted molar refractivity (Wildman–Crippen MR) is 78.1 cm³/mol. The smallest absolute Gasteiger partial charge is 0.142 e. The van der Waals surface area contributed by atoms with Crippen molar-refractivity contribution in [1.82, 2.24) is 0 Å². The van der Waals surface area contributed by atoms with Crippen LogP contribution < -0.4 is 17.2 Å². The SMILES string of the molecule is CC(C)C(N)=NO.CCC(N)=NO.NC(=NO)C1CC1. The Kier molecular flexibility index (Phi) is 12.0. The summed E-state index contributed by atoms with van der Waals surface area (Å²) in [6.45, 7) is 5.53. The van der Waals surface area contributed by atoms with Crippen LogP contribution in [-0.4, -0.2) is 33.1 Å². The molecule has 0 radical (unpaired) electrons. The molecule has 1 fully saturated rings. The molecular weight excluding hydrogens is 264 g/mol. The first kappa shape index (κ1) is 20.1. The molecule has 1 aliphatic rings. The van der Waals surface area contributed by atoms with Crippen molar-refractivity contribution in [2.45, 2.75) is 40.0 Å². The maximum Gasteiger partial charge on any atom is 0.142 e. The van der Waals surface area contributed by atoms with E-state index in [1.165, 1.54) is 0 Å². The highest BCUT2D eigenvalue weighted by atomic mass is 16.4. The van der Waals surface area contributed by atoms with Gasteiger partial charge in [0.15, 0.2) is 0 Å². The highest BCUT2D eigenvalue weighted by Gasteiger charge is 2.25. The first-order chi connectivity index (χ1) is 9.33. The van der Waals surface area contributed by atoms with E-state index < -0.39 is 0 Å². The standard InChI is InChI=1S/C4H8N2O.C4H10N2O.C3H8N2O/c5-4(6-7)3-1-2-3;1-3(2)4(5)6-7;1-2-3(4)5-6/h3,7H,1-2H2,(H2,5,6);3,7H,1-2H3,(H2,5,6);6H,2H2,1H3,(H2,4,5). The molecule has 0 spiro atoms. The molecule has 9 nitrogen and oxygen atoms in total. The van der Waals surface area contributed by atoms with Gasteiger partial charge in [-0.3, -0.25) is 0 Å². The van der Waals surface area contributed by atoms with Crippen LogP contribution in [0.1, 0.15) is 40.0 Å². The Hall–Kier alpha value is -2.19. The zero-order valence-electron chi connectivity index (χ0n) is 12.2. The van der Waals surface area contributed by atoms with E-state index >= 15 is 0 Å². The highest BCUT2D eigenvalue weighted by molar-refractivity contribution is 5.84. The zero-order chi connectivity index (χ0) is 16.1. The van der Waals surface area contributed by atoms with Crippen LogP contribution in [0.25, 0.3) is 0 Å². The third-order valence-corrected chi connectivity index (χ3v) is 2.31. The summed E-state index contributed by atoms with van der Waals surface area (Å²) in [4.78, 5) is 0. The van der Waals surface area contributed by atoms with Gasteiger partial charge in [0.05, 0.1) is 0 Å². The van der Waals surface area contributed by atoms with E-state index in [4.69, 9.17) is 32.8 Å². The Labute approximate surface area is 118 Å². The maximum atomic E-state index is 8.01. The first-order valence-electron chi connectivity index (χ1n) is 6.25. The van der Waals surface area contributed by atoms with Crippen LogP contribution in [0.15, 0.2) is 15.5 Å². The molecule has 0 aromatic rings. The van der Waals surface area contributed by atoms with Gasteiger partial charge in [0, 0.05) is 18.3 Å². The van der Waals surface area contributed by atoms with Crippen molar-refractivity contribution in [1.29, 1.82) is 0 Å². The average Bonchev–Trinajstić information content (AvgIpc) is 3.30. The van der Waals surface area contributed by atoms with Crippen molar-refractivity contribution in [2.24, 2.45) is 44.5 Å². The second-order valence-corrected chi connectivity index (χ2v) is 4.42. The Morgan fingerprint density at radius 3 is 1.60 bits per heavy atom. The molecule has 118 valence electrons. The van der Waals surface area contributed by atoms with Crippen LogP contribution in [0.3, 0.4) is 0 Å². The van der Waals surface area contributed by atoms with E-state index in [1.807, 2.05) is 20.8 Å². The molecule has 0 aliphatic heterocycles. The maximum absolute atomic E-state index is 8.01. The van der Waals surface area contributed by atoms with Gasteiger partial charge in [-0.2, -0.15) is 0 Å². The Bertz CT molecular complexity index is 321. The quantitative estimate of drug-likeness (QED) is 0.192. The number of hydrogen-bond acceptors (Lipinski definition) is 6. The summed E-state index contributed by atoms with van der Waals surface area (Å²) in [6, 6.07) is 0. The normalized spacial score (nSPS) is 15.9. The van der Waals surface area contributed by atoms with Gasteiger partial charge in [-0.05, 0) is 12.8 Å². The lowest BCUT2D eigenvalue weighted by atomic mass is 10.2. The van der Waals surface area contributed by atoms with Crippen LogP contribution in [0.4, 0.5) is 0 Å². The van der Waals surface area contributed by atoms with E-state index in [-0.39, 0.29) is 17.6 Å². The summed E-state index contributed by atoms with van der Waals surface area (Å²) in [6.07, 6.45) is 2.79. The fourth-order valence-corrected chi connectivity index (χ4v) is 0.647. The predicted octanol–water partition coefficient (Wildman–Crippen LogP) is 0.674. The molecule has 0 aromatic carbocycles. The van der Waals surface area contributed by atoms with Crippen molar-refractivity contribution in [2.75, 3.05) is 0 Å². The topological polar surface area (TPSA) is 176 Å². The molecule has 20 heavy (non-hydrogen) atoms. The van der Waals surface area contributed by atoms with E-state index in [0.717, 1.165) is 12.8 Å². The van der Waals surface area contributed by atoms with E-state index in [2.05, 4.69) is 15.5 Å². The number of amidine groups is 3. The van der Waals surface area contributed by atoms with Gasteiger partial charge < -0.3 is 32.8 Å². The molecule has 0 amide bonds. The minimum Gasteiger partial charge on any atom is -0.409 e. The number of rotatable bonds is 3. The molecule has 0 saturated heterocycles. The van der Waals surface area contributed by atoms with Crippen LogP contribution in [0.2, 0.25) is 0 Å². The molecule has 0 aromatic heterocycles. The fraction of sp³-hybridized carbons (Fsp3) is 0.727. The fourth-order valence-electron chi connectivity index (χ4n) is 0.647. The zero-order valence-corrected chi connectivity index (χ0v) is 12.2. The highest BCUT2D eigenvalue weighted by Crippen LogP contribution is 2.28. The van der Waals surface area contributed by atoms with Crippen LogP contribution in [0, 0.1) is 11.8 Å². The van der Waals surface area contributed by atoms with Crippen molar-refractivity contribution in [3.05, 3.63) is 0 Å². The van der Waals surface area contributed by atoms with Gasteiger partial charge in [-0.15, -0.1) is 0 Å². The summed E-state index contributed by atoms with van der Waals surface area (Å²) in [7, 11) is 0. The molecule has 0 atom stereocenters. The monoisotopic (exact) mass is 290 g/mol.